The van der Waals surface area contributed by atoms with E-state index in [0.717, 1.165) is 89.9 Å². The summed E-state index contributed by atoms with van der Waals surface area (Å²) < 4.78 is 16.9. The van der Waals surface area contributed by atoms with Crippen molar-refractivity contribution in [2.45, 2.75) is 341 Å². The molecule has 0 aliphatic carbocycles. The van der Waals surface area contributed by atoms with Crippen molar-refractivity contribution in [3.05, 3.63) is 48.6 Å². The molecule has 0 saturated carbocycles. The van der Waals surface area contributed by atoms with Crippen LogP contribution in [0.4, 0.5) is 0 Å². The molecule has 72 heavy (non-hydrogen) atoms. The number of allylic oxidation sites excluding steroid dienone is 8. The number of ether oxygens (including phenoxy) is 3. The lowest BCUT2D eigenvalue weighted by atomic mass is 10.0. The molecule has 0 fully saturated rings. The molecule has 0 aromatic rings. The summed E-state index contributed by atoms with van der Waals surface area (Å²) in [5, 5.41) is 0. The zero-order chi connectivity index (χ0) is 52.2. The molecule has 0 spiro atoms. The van der Waals surface area contributed by atoms with Crippen LogP contribution in [0.3, 0.4) is 0 Å². The molecule has 6 nitrogen and oxygen atoms in total. The van der Waals surface area contributed by atoms with Crippen LogP contribution in [0.5, 0.6) is 0 Å². The molecule has 0 saturated heterocycles. The Hall–Kier alpha value is -2.63. The second-order valence-corrected chi connectivity index (χ2v) is 21.3. The third kappa shape index (κ3) is 58.3. The Morgan fingerprint density at radius 2 is 0.500 bits per heavy atom. The van der Waals surface area contributed by atoms with E-state index in [4.69, 9.17) is 14.2 Å². The third-order valence-corrected chi connectivity index (χ3v) is 14.1. The van der Waals surface area contributed by atoms with Gasteiger partial charge in [0.1, 0.15) is 13.2 Å². The van der Waals surface area contributed by atoms with E-state index in [1.54, 1.807) is 0 Å². The molecule has 0 amide bonds. The smallest absolute Gasteiger partial charge is 0.306 e. The fourth-order valence-corrected chi connectivity index (χ4v) is 9.27. The van der Waals surface area contributed by atoms with Crippen molar-refractivity contribution in [3.63, 3.8) is 0 Å². The molecule has 0 aromatic carbocycles. The lowest BCUT2D eigenvalue weighted by Crippen LogP contribution is -2.30. The van der Waals surface area contributed by atoms with Crippen LogP contribution in [0.1, 0.15) is 335 Å². The number of hydrogen-bond acceptors (Lipinski definition) is 6. The molecule has 0 N–H and O–H groups in total. The van der Waals surface area contributed by atoms with Crippen LogP contribution < -0.4 is 0 Å². The van der Waals surface area contributed by atoms with Crippen molar-refractivity contribution < 1.29 is 28.6 Å². The highest BCUT2D eigenvalue weighted by molar-refractivity contribution is 5.71. The van der Waals surface area contributed by atoms with E-state index in [2.05, 4.69) is 69.4 Å². The minimum absolute atomic E-state index is 0.0749. The number of carbonyl (C=O) groups excluding carboxylic acids is 3. The van der Waals surface area contributed by atoms with Gasteiger partial charge in [0.25, 0.3) is 0 Å². The Kier molecular flexibility index (Phi) is 58.7. The number of unbranched alkanes of at least 4 members (excludes halogenated alkanes) is 39. The highest BCUT2D eigenvalue weighted by Gasteiger charge is 2.19. The van der Waals surface area contributed by atoms with Gasteiger partial charge in [-0.15, -0.1) is 0 Å². The summed E-state index contributed by atoms with van der Waals surface area (Å²) in [7, 11) is 0. The van der Waals surface area contributed by atoms with Gasteiger partial charge in [-0.1, -0.05) is 281 Å². The molecule has 0 aliphatic rings. The van der Waals surface area contributed by atoms with Crippen LogP contribution in [0.2, 0.25) is 0 Å². The molecule has 0 aliphatic heterocycles. The molecule has 6 heteroatoms. The minimum atomic E-state index is -0.776. The van der Waals surface area contributed by atoms with Crippen LogP contribution in [0, 0.1) is 0 Å². The maximum absolute atomic E-state index is 12.8. The summed E-state index contributed by atoms with van der Waals surface area (Å²) in [4.78, 5) is 38.1. The summed E-state index contributed by atoms with van der Waals surface area (Å²) in [6.07, 6.45) is 75.6. The van der Waals surface area contributed by atoms with Gasteiger partial charge in [-0.2, -0.15) is 0 Å². The van der Waals surface area contributed by atoms with Crippen molar-refractivity contribution in [1.29, 1.82) is 0 Å². The van der Waals surface area contributed by atoms with E-state index >= 15 is 0 Å². The molecule has 1 atom stereocenters. The number of esters is 3. The van der Waals surface area contributed by atoms with Crippen molar-refractivity contribution in [1.82, 2.24) is 0 Å². The molecule has 1 unspecified atom stereocenters. The molecule has 0 aromatic heterocycles. The van der Waals surface area contributed by atoms with Crippen LogP contribution in [0.25, 0.3) is 0 Å². The van der Waals surface area contributed by atoms with E-state index in [9.17, 15) is 14.4 Å². The number of rotatable bonds is 58. The molecule has 0 bridgehead atoms. The summed E-state index contributed by atoms with van der Waals surface area (Å²) >= 11 is 0. The van der Waals surface area contributed by atoms with E-state index < -0.39 is 6.10 Å². The Labute approximate surface area is 448 Å². The van der Waals surface area contributed by atoms with Crippen LogP contribution in [-0.2, 0) is 28.6 Å². The molecule has 0 heterocycles. The molecule has 0 rings (SSSR count). The highest BCUT2D eigenvalue weighted by Crippen LogP contribution is 2.17. The standard InChI is InChI=1S/C66H120O6/c1-4-7-10-13-16-19-21-23-25-27-28-29-30-31-32-33-34-35-36-37-38-39-41-42-44-47-50-53-56-59-65(68)71-62-63(61-70-64(67)58-55-52-49-46-18-15-12-9-6-3)72-66(69)60-57-54-51-48-45-43-40-26-24-22-20-17-14-11-8-5-2/h20-23,26-28,40,63H,4-19,24-25,29-39,41-62H2,1-3H3/b22-20-,23-21-,28-27-,40-26-. The van der Waals surface area contributed by atoms with Crippen LogP contribution in [0.15, 0.2) is 48.6 Å². The first-order chi connectivity index (χ1) is 35.5. The van der Waals surface area contributed by atoms with Crippen molar-refractivity contribution in [2.75, 3.05) is 13.2 Å². The van der Waals surface area contributed by atoms with E-state index in [-0.39, 0.29) is 31.1 Å². The second kappa shape index (κ2) is 60.9. The number of hydrogen-bond donors (Lipinski definition) is 0. The zero-order valence-electron chi connectivity index (χ0n) is 48.2. The van der Waals surface area contributed by atoms with E-state index in [1.165, 1.54) is 205 Å². The normalized spacial score (nSPS) is 12.3. The largest absolute Gasteiger partial charge is 0.462 e. The van der Waals surface area contributed by atoms with Crippen molar-refractivity contribution >= 4 is 17.9 Å². The van der Waals surface area contributed by atoms with Gasteiger partial charge in [0.2, 0.25) is 0 Å². The summed E-state index contributed by atoms with van der Waals surface area (Å²) in [5.41, 5.74) is 0. The predicted molar refractivity (Wildman–Crippen MR) is 312 cm³/mol. The Bertz CT molecular complexity index is 1250. The quantitative estimate of drug-likeness (QED) is 0.0261. The van der Waals surface area contributed by atoms with E-state index in [1.807, 2.05) is 0 Å². The van der Waals surface area contributed by atoms with Crippen molar-refractivity contribution in [3.8, 4) is 0 Å². The Balaban J connectivity index is 4.11. The minimum Gasteiger partial charge on any atom is -0.462 e. The molecular weight excluding hydrogens is 889 g/mol. The van der Waals surface area contributed by atoms with Gasteiger partial charge in [-0.3, -0.25) is 14.4 Å². The zero-order valence-corrected chi connectivity index (χ0v) is 48.2. The first kappa shape index (κ1) is 69.4. The van der Waals surface area contributed by atoms with Gasteiger partial charge in [0.15, 0.2) is 6.10 Å². The van der Waals surface area contributed by atoms with Gasteiger partial charge in [-0.05, 0) is 83.5 Å². The van der Waals surface area contributed by atoms with Gasteiger partial charge in [0, 0.05) is 19.3 Å². The second-order valence-electron chi connectivity index (χ2n) is 21.3. The molecule has 0 radical (unpaired) electrons. The first-order valence-electron chi connectivity index (χ1n) is 31.6. The summed E-state index contributed by atoms with van der Waals surface area (Å²) in [6.45, 7) is 6.62. The fraction of sp³-hybridized carbons (Fsp3) is 0.833. The summed E-state index contributed by atoms with van der Waals surface area (Å²) in [6, 6.07) is 0. The first-order valence-corrected chi connectivity index (χ1v) is 31.6. The third-order valence-electron chi connectivity index (χ3n) is 14.1. The van der Waals surface area contributed by atoms with Crippen LogP contribution in [-0.4, -0.2) is 37.2 Å². The Morgan fingerprint density at radius 1 is 0.278 bits per heavy atom. The Morgan fingerprint density at radius 3 is 0.778 bits per heavy atom. The average molecular weight is 1010 g/mol. The van der Waals surface area contributed by atoms with Gasteiger partial charge < -0.3 is 14.2 Å². The maximum Gasteiger partial charge on any atom is 0.306 e. The van der Waals surface area contributed by atoms with Gasteiger partial charge >= 0.3 is 17.9 Å². The summed E-state index contributed by atoms with van der Waals surface area (Å²) in [5.74, 6) is -0.875. The highest BCUT2D eigenvalue weighted by atomic mass is 16.6. The molecule has 420 valence electrons. The maximum atomic E-state index is 12.8. The lowest BCUT2D eigenvalue weighted by molar-refractivity contribution is -0.167. The SMILES string of the molecule is CCCCCC/C=C\C/C=C\CCCCCCCC(=O)OC(COC(=O)CCCCCCCCCCC)COC(=O)CCCCCCCCCCCCCCCCCCC/C=C\C/C=C\CCCCCCC. The predicted octanol–water partition coefficient (Wildman–Crippen LogP) is 21.4. The van der Waals surface area contributed by atoms with Crippen LogP contribution >= 0.6 is 0 Å². The van der Waals surface area contributed by atoms with E-state index in [0.29, 0.717) is 19.3 Å². The molecular formula is C66H120O6. The fourth-order valence-electron chi connectivity index (χ4n) is 9.27. The monoisotopic (exact) mass is 1010 g/mol. The van der Waals surface area contributed by atoms with Gasteiger partial charge in [-0.25, -0.2) is 0 Å². The lowest BCUT2D eigenvalue weighted by Gasteiger charge is -2.18. The van der Waals surface area contributed by atoms with Gasteiger partial charge in [0.05, 0.1) is 0 Å². The topological polar surface area (TPSA) is 78.9 Å². The van der Waals surface area contributed by atoms with Crippen molar-refractivity contribution in [2.24, 2.45) is 0 Å². The number of carbonyl (C=O) groups is 3. The average Bonchev–Trinajstić information content (AvgIpc) is 3.38.